The third-order valence-corrected chi connectivity index (χ3v) is 1.98. The Labute approximate surface area is 97.6 Å². The maximum atomic E-state index is 11.5. The number of rotatable bonds is 0. The minimum Gasteiger partial charge on any atom is -0.444 e. The van der Waals surface area contributed by atoms with Crippen molar-refractivity contribution in [2.24, 2.45) is 5.73 Å². The highest BCUT2D eigenvalue weighted by Crippen LogP contribution is 2.14. The Kier molecular flexibility index (Phi) is 5.75. The number of carbonyl (C=O) groups is 1. The molecular weight excluding hydrogens is 208 g/mol. The van der Waals surface area contributed by atoms with Crippen molar-refractivity contribution in [2.45, 2.75) is 52.4 Å². The van der Waals surface area contributed by atoms with Crippen LogP contribution in [0.2, 0.25) is 0 Å². The molecule has 0 spiro atoms. The SMILES string of the molecule is CC.CC(C)(C)OC(=O)N1CC(N)C(O)C1. The van der Waals surface area contributed by atoms with Gasteiger partial charge < -0.3 is 20.5 Å². The van der Waals surface area contributed by atoms with E-state index in [4.69, 9.17) is 10.5 Å². The number of β-amino-alcohol motifs (C(OH)–C–C–N with tert-alkyl or cyclic N) is 1. The van der Waals surface area contributed by atoms with Gasteiger partial charge in [-0.2, -0.15) is 0 Å². The van der Waals surface area contributed by atoms with Gasteiger partial charge in [-0.15, -0.1) is 0 Å². The van der Waals surface area contributed by atoms with Crippen LogP contribution < -0.4 is 5.73 Å². The highest BCUT2D eigenvalue weighted by Gasteiger charge is 2.33. The summed E-state index contributed by atoms with van der Waals surface area (Å²) in [6.07, 6.45) is -1.05. The van der Waals surface area contributed by atoms with Crippen molar-refractivity contribution in [3.63, 3.8) is 0 Å². The first-order valence-electron chi connectivity index (χ1n) is 5.71. The van der Waals surface area contributed by atoms with Crippen LogP contribution in [-0.2, 0) is 4.74 Å². The number of hydrogen-bond donors (Lipinski definition) is 2. The van der Waals surface area contributed by atoms with Crippen LogP contribution in [0.3, 0.4) is 0 Å². The molecule has 2 unspecified atom stereocenters. The van der Waals surface area contributed by atoms with Crippen molar-refractivity contribution in [1.82, 2.24) is 4.90 Å². The lowest BCUT2D eigenvalue weighted by atomic mass is 10.2. The van der Waals surface area contributed by atoms with Crippen LogP contribution in [0.15, 0.2) is 0 Å². The van der Waals surface area contributed by atoms with E-state index in [1.165, 1.54) is 4.90 Å². The standard InChI is InChI=1S/C9H18N2O3.C2H6/c1-9(2,3)14-8(13)11-4-6(10)7(12)5-11;1-2/h6-7,12H,4-5,10H2,1-3H3;1-2H3. The third-order valence-electron chi connectivity index (χ3n) is 1.98. The molecule has 0 bridgehead atoms. The van der Waals surface area contributed by atoms with E-state index >= 15 is 0 Å². The van der Waals surface area contributed by atoms with Gasteiger partial charge in [0.25, 0.3) is 0 Å². The lowest BCUT2D eigenvalue weighted by Crippen LogP contribution is -2.36. The molecule has 0 aromatic rings. The Morgan fingerprint density at radius 1 is 1.38 bits per heavy atom. The van der Waals surface area contributed by atoms with E-state index < -0.39 is 17.8 Å². The molecule has 0 aromatic carbocycles. The minimum atomic E-state index is -0.637. The van der Waals surface area contributed by atoms with E-state index in [1.807, 2.05) is 13.8 Å². The molecule has 5 heteroatoms. The van der Waals surface area contributed by atoms with Crippen LogP contribution in [0.4, 0.5) is 4.79 Å². The lowest BCUT2D eigenvalue weighted by molar-refractivity contribution is 0.0270. The van der Waals surface area contributed by atoms with E-state index in [2.05, 4.69) is 0 Å². The number of nitrogens with two attached hydrogens (primary N) is 1. The maximum Gasteiger partial charge on any atom is 0.410 e. The molecule has 1 aliphatic rings. The van der Waals surface area contributed by atoms with Gasteiger partial charge in [-0.1, -0.05) is 13.8 Å². The van der Waals surface area contributed by atoms with Crippen LogP contribution in [0.1, 0.15) is 34.6 Å². The summed E-state index contributed by atoms with van der Waals surface area (Å²) in [5.41, 5.74) is 5.07. The zero-order valence-corrected chi connectivity index (χ0v) is 10.9. The second-order valence-corrected chi connectivity index (χ2v) is 4.62. The van der Waals surface area contributed by atoms with E-state index in [0.717, 1.165) is 0 Å². The summed E-state index contributed by atoms with van der Waals surface area (Å²) in [6.45, 7) is 10.0. The van der Waals surface area contributed by atoms with Gasteiger partial charge in [-0.25, -0.2) is 4.79 Å². The van der Waals surface area contributed by atoms with E-state index in [0.29, 0.717) is 6.54 Å². The third kappa shape index (κ3) is 4.81. The number of hydrogen-bond acceptors (Lipinski definition) is 4. The average Bonchev–Trinajstić information content (AvgIpc) is 2.48. The summed E-state index contributed by atoms with van der Waals surface area (Å²) < 4.78 is 5.14. The van der Waals surface area contributed by atoms with Crippen LogP contribution in [0, 0.1) is 0 Å². The summed E-state index contributed by atoms with van der Waals surface area (Å²) in [4.78, 5) is 12.9. The van der Waals surface area contributed by atoms with Gasteiger partial charge in [-0.05, 0) is 20.8 Å². The molecular formula is C11H24N2O3. The number of likely N-dealkylation sites (tertiary alicyclic amines) is 1. The van der Waals surface area contributed by atoms with Gasteiger partial charge in [-0.3, -0.25) is 0 Å². The first kappa shape index (κ1) is 15.2. The summed E-state index contributed by atoms with van der Waals surface area (Å²) >= 11 is 0. The van der Waals surface area contributed by atoms with E-state index in [-0.39, 0.29) is 12.6 Å². The van der Waals surface area contributed by atoms with Crippen LogP contribution in [0.25, 0.3) is 0 Å². The summed E-state index contributed by atoms with van der Waals surface area (Å²) in [7, 11) is 0. The normalized spacial score (nSPS) is 24.8. The summed E-state index contributed by atoms with van der Waals surface area (Å²) in [5.74, 6) is 0. The maximum absolute atomic E-state index is 11.5. The number of nitrogens with zero attached hydrogens (tertiary/aromatic N) is 1. The highest BCUT2D eigenvalue weighted by atomic mass is 16.6. The molecule has 96 valence electrons. The van der Waals surface area contributed by atoms with Gasteiger partial charge >= 0.3 is 6.09 Å². The Hall–Kier alpha value is -0.810. The fourth-order valence-corrected chi connectivity index (χ4v) is 1.29. The van der Waals surface area contributed by atoms with Crippen molar-refractivity contribution in [3.8, 4) is 0 Å². The van der Waals surface area contributed by atoms with Crippen LogP contribution in [-0.4, -0.2) is 46.9 Å². The monoisotopic (exact) mass is 232 g/mol. The van der Waals surface area contributed by atoms with Crippen molar-refractivity contribution >= 4 is 6.09 Å². The van der Waals surface area contributed by atoms with Crippen molar-refractivity contribution in [1.29, 1.82) is 0 Å². The molecule has 1 amide bonds. The Bertz CT molecular complexity index is 216. The average molecular weight is 232 g/mol. The fourth-order valence-electron chi connectivity index (χ4n) is 1.29. The first-order chi connectivity index (χ1) is 7.29. The van der Waals surface area contributed by atoms with Crippen molar-refractivity contribution in [3.05, 3.63) is 0 Å². The number of ether oxygens (including phenoxy) is 1. The minimum absolute atomic E-state index is 0.260. The molecule has 5 nitrogen and oxygen atoms in total. The van der Waals surface area contributed by atoms with Crippen LogP contribution >= 0.6 is 0 Å². The molecule has 3 N–H and O–H groups in total. The molecule has 1 aliphatic heterocycles. The lowest BCUT2D eigenvalue weighted by Gasteiger charge is -2.24. The Morgan fingerprint density at radius 2 is 1.88 bits per heavy atom. The molecule has 0 aliphatic carbocycles. The van der Waals surface area contributed by atoms with Crippen molar-refractivity contribution < 1.29 is 14.6 Å². The molecule has 0 radical (unpaired) electrons. The highest BCUT2D eigenvalue weighted by molar-refractivity contribution is 5.68. The molecule has 1 rings (SSSR count). The van der Waals surface area contributed by atoms with Gasteiger partial charge in [0.2, 0.25) is 0 Å². The Morgan fingerprint density at radius 3 is 2.19 bits per heavy atom. The molecule has 0 saturated carbocycles. The first-order valence-corrected chi connectivity index (χ1v) is 5.71. The molecule has 0 aromatic heterocycles. The summed E-state index contributed by atoms with van der Waals surface area (Å²) in [6, 6.07) is -0.359. The smallest absolute Gasteiger partial charge is 0.410 e. The molecule has 1 fully saturated rings. The number of amides is 1. The largest absolute Gasteiger partial charge is 0.444 e. The predicted octanol–water partition coefficient (Wildman–Crippen LogP) is 0.952. The summed E-state index contributed by atoms with van der Waals surface area (Å²) in [5, 5.41) is 9.34. The van der Waals surface area contributed by atoms with Gasteiger partial charge in [0, 0.05) is 6.54 Å². The van der Waals surface area contributed by atoms with E-state index in [9.17, 15) is 9.90 Å². The molecule has 1 saturated heterocycles. The van der Waals surface area contributed by atoms with E-state index in [1.54, 1.807) is 20.8 Å². The van der Waals surface area contributed by atoms with Gasteiger partial charge in [0.05, 0.1) is 18.7 Å². The predicted molar refractivity (Wildman–Crippen MR) is 63.1 cm³/mol. The molecule has 1 heterocycles. The second-order valence-electron chi connectivity index (χ2n) is 4.62. The van der Waals surface area contributed by atoms with Crippen LogP contribution in [0.5, 0.6) is 0 Å². The quantitative estimate of drug-likeness (QED) is 0.652. The number of aliphatic hydroxyl groups excluding tert-OH is 1. The zero-order valence-electron chi connectivity index (χ0n) is 10.9. The number of aliphatic hydroxyl groups is 1. The molecule has 16 heavy (non-hydrogen) atoms. The second kappa shape index (κ2) is 6.06. The van der Waals surface area contributed by atoms with Gasteiger partial charge in [0.1, 0.15) is 5.60 Å². The topological polar surface area (TPSA) is 75.8 Å². The zero-order chi connectivity index (χ0) is 12.9. The van der Waals surface area contributed by atoms with Crippen molar-refractivity contribution in [2.75, 3.05) is 13.1 Å². The van der Waals surface area contributed by atoms with Gasteiger partial charge in [0.15, 0.2) is 0 Å². The molecule has 2 atom stereocenters. The number of carbonyl (C=O) groups excluding carboxylic acids is 1. The fraction of sp³-hybridized carbons (Fsp3) is 0.909. The Balaban J connectivity index is 0.00000106.